The number of ether oxygens (including phenoxy) is 2. The molecule has 1 heterocycles. The van der Waals surface area contributed by atoms with E-state index in [0.717, 1.165) is 22.6 Å². The molecule has 0 unspecified atom stereocenters. The molecule has 3 aromatic carbocycles. The predicted molar refractivity (Wildman–Crippen MR) is 159 cm³/mol. The molecular formula is C29H33ClN6O4. The van der Waals surface area contributed by atoms with Gasteiger partial charge in [0, 0.05) is 36.1 Å². The number of aromatic nitrogens is 2. The summed E-state index contributed by atoms with van der Waals surface area (Å²) in [6.45, 7) is 4.51. The van der Waals surface area contributed by atoms with Crippen molar-refractivity contribution in [3.05, 3.63) is 83.7 Å². The van der Waals surface area contributed by atoms with E-state index < -0.39 is 6.09 Å². The van der Waals surface area contributed by atoms with E-state index in [2.05, 4.69) is 4.98 Å². The number of halogens is 1. The first-order chi connectivity index (χ1) is 18.8. The van der Waals surface area contributed by atoms with Gasteiger partial charge in [0.1, 0.15) is 17.4 Å². The Morgan fingerprint density at radius 2 is 1.73 bits per heavy atom. The van der Waals surface area contributed by atoms with E-state index in [9.17, 15) is 9.59 Å². The molecule has 1 amide bonds. The largest absolute Gasteiger partial charge is 0.466 e. The third kappa shape index (κ3) is 7.09. The van der Waals surface area contributed by atoms with Crippen LogP contribution in [0.25, 0.3) is 11.0 Å². The molecule has 0 radical (unpaired) electrons. The summed E-state index contributed by atoms with van der Waals surface area (Å²) in [4.78, 5) is 36.7. The zero-order valence-corrected chi connectivity index (χ0v) is 23.5. The number of carbonyl (C=O) groups excluding carboxylic acids is 2. The van der Waals surface area contributed by atoms with E-state index in [1.165, 1.54) is 4.90 Å². The van der Waals surface area contributed by atoms with Crippen molar-refractivity contribution >= 4 is 52.7 Å². The number of nitrogens with two attached hydrogens (primary N) is 1. The number of amides is 1. The summed E-state index contributed by atoms with van der Waals surface area (Å²) in [7, 11) is 1.95. The lowest BCUT2D eigenvalue weighted by atomic mass is 10.2. The van der Waals surface area contributed by atoms with E-state index in [-0.39, 0.29) is 43.8 Å². The van der Waals surface area contributed by atoms with Gasteiger partial charge in [-0.25, -0.2) is 9.78 Å². The number of nitrogens with one attached hydrogen (secondary N) is 2. The highest BCUT2D eigenvalue weighted by molar-refractivity contribution is 5.95. The van der Waals surface area contributed by atoms with Gasteiger partial charge in [0.15, 0.2) is 0 Å². The Bertz CT molecular complexity index is 1470. The number of nitrogen functional groups attached to an aromatic ring is 1. The van der Waals surface area contributed by atoms with Crippen LogP contribution < -0.4 is 20.3 Å². The maximum Gasteiger partial charge on any atom is 0.419 e. The fourth-order valence-electron chi connectivity index (χ4n) is 4.16. The van der Waals surface area contributed by atoms with Crippen LogP contribution >= 0.6 is 12.4 Å². The van der Waals surface area contributed by atoms with Crippen molar-refractivity contribution in [2.24, 2.45) is 5.73 Å². The number of H-pyrrole nitrogens is 1. The average Bonchev–Trinajstić information content (AvgIpc) is 3.34. The lowest BCUT2D eigenvalue weighted by Crippen LogP contribution is -2.35. The van der Waals surface area contributed by atoms with Crippen molar-refractivity contribution in [1.82, 2.24) is 9.97 Å². The molecule has 4 N–H and O–H groups in total. The van der Waals surface area contributed by atoms with Gasteiger partial charge in [-0.15, -0.1) is 12.4 Å². The second kappa shape index (κ2) is 13.5. The first kappa shape index (κ1) is 30.0. The molecule has 0 bridgehead atoms. The second-order valence-corrected chi connectivity index (χ2v) is 9.00. The molecule has 1 aromatic heterocycles. The second-order valence-electron chi connectivity index (χ2n) is 9.00. The first-order valence-corrected chi connectivity index (χ1v) is 12.6. The van der Waals surface area contributed by atoms with Crippen LogP contribution in [-0.2, 0) is 16.1 Å². The number of hydrogen-bond acceptors (Lipinski definition) is 7. The number of anilines is 2. The van der Waals surface area contributed by atoms with Crippen molar-refractivity contribution < 1.29 is 19.1 Å². The van der Waals surface area contributed by atoms with Gasteiger partial charge in [-0.05, 0) is 62.4 Å². The number of para-hydroxylation sites is 1. The Labute approximate surface area is 239 Å². The van der Waals surface area contributed by atoms with Gasteiger partial charge >= 0.3 is 12.1 Å². The summed E-state index contributed by atoms with van der Waals surface area (Å²) in [5.74, 6) is 0.776. The minimum absolute atomic E-state index is 0. The maximum absolute atomic E-state index is 13.2. The number of rotatable bonds is 10. The van der Waals surface area contributed by atoms with E-state index in [0.29, 0.717) is 29.1 Å². The van der Waals surface area contributed by atoms with Gasteiger partial charge in [-0.2, -0.15) is 0 Å². The molecule has 0 aliphatic heterocycles. The molecular weight excluding hydrogens is 532 g/mol. The summed E-state index contributed by atoms with van der Waals surface area (Å²) in [6.07, 6.45) is -0.554. The zero-order chi connectivity index (χ0) is 27.9. The van der Waals surface area contributed by atoms with E-state index in [4.69, 9.17) is 25.6 Å². The van der Waals surface area contributed by atoms with Crippen LogP contribution in [0.5, 0.6) is 5.75 Å². The Hall–Kier alpha value is -4.57. The number of fused-ring (bicyclic) bond motifs is 1. The van der Waals surface area contributed by atoms with Crippen molar-refractivity contribution in [3.63, 3.8) is 0 Å². The van der Waals surface area contributed by atoms with Crippen LogP contribution in [0.15, 0.2) is 66.7 Å². The zero-order valence-electron chi connectivity index (χ0n) is 22.6. The summed E-state index contributed by atoms with van der Waals surface area (Å²) in [5, 5.41) is 7.55. The third-order valence-corrected chi connectivity index (χ3v) is 6.24. The fraction of sp³-hybridized carbons (Fsp3) is 0.241. The van der Waals surface area contributed by atoms with Gasteiger partial charge in [0.05, 0.1) is 30.6 Å². The molecule has 0 saturated heterocycles. The quantitative estimate of drug-likeness (QED) is 0.137. The van der Waals surface area contributed by atoms with Crippen LogP contribution in [-0.4, -0.2) is 48.1 Å². The Morgan fingerprint density at radius 3 is 2.38 bits per heavy atom. The number of imidazole rings is 1. The maximum atomic E-state index is 13.2. The smallest absolute Gasteiger partial charge is 0.419 e. The highest BCUT2D eigenvalue weighted by Gasteiger charge is 2.21. The van der Waals surface area contributed by atoms with Crippen LogP contribution in [0.3, 0.4) is 0 Å². The molecule has 0 atom stereocenters. The molecule has 0 saturated carbocycles. The molecule has 0 aliphatic carbocycles. The van der Waals surface area contributed by atoms with Gasteiger partial charge < -0.3 is 25.1 Å². The summed E-state index contributed by atoms with van der Waals surface area (Å²) < 4.78 is 10.8. The Morgan fingerprint density at radius 1 is 1.02 bits per heavy atom. The summed E-state index contributed by atoms with van der Waals surface area (Å²) in [5.41, 5.74) is 10.0. The highest BCUT2D eigenvalue weighted by Crippen LogP contribution is 2.28. The molecule has 11 heteroatoms. The molecule has 4 rings (SSSR count). The van der Waals surface area contributed by atoms with Crippen LogP contribution in [0, 0.1) is 12.3 Å². The van der Waals surface area contributed by atoms with Crippen molar-refractivity contribution in [1.29, 1.82) is 5.41 Å². The normalized spacial score (nSPS) is 10.5. The molecule has 210 valence electrons. The predicted octanol–water partition coefficient (Wildman–Crippen LogP) is 5.17. The number of aromatic amines is 1. The fourth-order valence-corrected chi connectivity index (χ4v) is 4.16. The number of benzene rings is 3. The lowest BCUT2D eigenvalue weighted by Gasteiger charge is -2.22. The van der Waals surface area contributed by atoms with Gasteiger partial charge in [-0.3, -0.25) is 15.1 Å². The number of hydrogen-bond donors (Lipinski definition) is 3. The summed E-state index contributed by atoms with van der Waals surface area (Å²) in [6, 6.07) is 20.0. The molecule has 0 aliphatic rings. The van der Waals surface area contributed by atoms with Crippen molar-refractivity contribution in [3.8, 4) is 5.75 Å². The van der Waals surface area contributed by atoms with Gasteiger partial charge in [-0.1, -0.05) is 18.2 Å². The molecule has 0 fully saturated rings. The van der Waals surface area contributed by atoms with Crippen molar-refractivity contribution in [2.75, 3.05) is 30.0 Å². The lowest BCUT2D eigenvalue weighted by molar-refractivity contribution is -0.142. The summed E-state index contributed by atoms with van der Waals surface area (Å²) >= 11 is 0. The van der Waals surface area contributed by atoms with Crippen molar-refractivity contribution in [2.45, 2.75) is 26.8 Å². The number of esters is 1. The number of nitrogens with zero attached hydrogens (tertiary/aromatic N) is 3. The highest BCUT2D eigenvalue weighted by atomic mass is 35.5. The SMILES string of the molecule is CCOC(=O)CCN(C(=O)Oc1ccc2[nH]c(CN(C)c3ccc(C(=N)N)cc3)nc2c1C)c1ccccc1.Cl. The molecule has 4 aromatic rings. The van der Waals surface area contributed by atoms with Gasteiger partial charge in [0.25, 0.3) is 0 Å². The number of amidine groups is 1. The number of carbonyl (C=O) groups is 2. The topological polar surface area (TPSA) is 138 Å². The molecule has 10 nitrogen and oxygen atoms in total. The Kier molecular flexibility index (Phi) is 10.1. The molecule has 0 spiro atoms. The van der Waals surface area contributed by atoms with E-state index in [1.807, 2.05) is 67.4 Å². The standard InChI is InChI=1S/C29H32N6O4.ClH/c1-4-38-26(36)16-17-35(22-8-6-5-7-9-22)29(37)39-24-15-14-23-27(19(24)2)33-25(32-23)18-34(3)21-12-10-20(11-13-21)28(30)31;/h5-15H,4,16-18H2,1-3H3,(H3,30,31)(H,32,33);1H. The minimum atomic E-state index is -0.600. The van der Waals surface area contributed by atoms with Crippen LogP contribution in [0.1, 0.15) is 30.3 Å². The van der Waals surface area contributed by atoms with E-state index in [1.54, 1.807) is 25.1 Å². The number of aryl methyl sites for hydroxylation is 1. The Balaban J connectivity index is 0.00000441. The minimum Gasteiger partial charge on any atom is -0.466 e. The monoisotopic (exact) mass is 564 g/mol. The van der Waals surface area contributed by atoms with E-state index >= 15 is 0 Å². The average molecular weight is 565 g/mol. The van der Waals surface area contributed by atoms with Crippen LogP contribution in [0.4, 0.5) is 16.2 Å². The van der Waals surface area contributed by atoms with Gasteiger partial charge in [0.2, 0.25) is 0 Å². The van der Waals surface area contributed by atoms with Crippen LogP contribution in [0.2, 0.25) is 0 Å². The third-order valence-electron chi connectivity index (χ3n) is 6.24. The first-order valence-electron chi connectivity index (χ1n) is 12.6. The molecule has 40 heavy (non-hydrogen) atoms.